The molecule has 2 unspecified atom stereocenters. The number of anilines is 1. The van der Waals surface area contributed by atoms with Crippen LogP contribution in [-0.4, -0.2) is 25.2 Å². The lowest BCUT2D eigenvalue weighted by atomic mass is 10.0. The lowest BCUT2D eigenvalue weighted by molar-refractivity contribution is 0.376. The Balaban J connectivity index is 1.81. The summed E-state index contributed by atoms with van der Waals surface area (Å²) in [6, 6.07) is 6.57. The van der Waals surface area contributed by atoms with Crippen molar-refractivity contribution < 1.29 is 4.39 Å². The van der Waals surface area contributed by atoms with Gasteiger partial charge in [0.1, 0.15) is 5.82 Å². The third kappa shape index (κ3) is 2.24. The van der Waals surface area contributed by atoms with E-state index in [1.807, 2.05) is 19.1 Å². The first-order valence-corrected chi connectivity index (χ1v) is 6.91. The molecular formula is C15H21FN2. The van der Waals surface area contributed by atoms with E-state index in [1.54, 1.807) is 6.07 Å². The minimum Gasteiger partial charge on any atom is -0.366 e. The number of nitrogens with zero attached hydrogens (tertiary/aromatic N) is 1. The van der Waals surface area contributed by atoms with Crippen molar-refractivity contribution in [2.24, 2.45) is 5.92 Å². The molecule has 18 heavy (non-hydrogen) atoms. The predicted octanol–water partition coefficient (Wildman–Crippen LogP) is 2.71. The van der Waals surface area contributed by atoms with Crippen molar-refractivity contribution in [3.63, 3.8) is 0 Å². The highest BCUT2D eigenvalue weighted by Crippen LogP contribution is 2.35. The van der Waals surface area contributed by atoms with Crippen molar-refractivity contribution in [1.82, 2.24) is 5.32 Å². The molecule has 2 atom stereocenters. The fourth-order valence-electron chi connectivity index (χ4n) is 2.87. The smallest absolute Gasteiger partial charge is 0.126 e. The number of hydrogen-bond donors (Lipinski definition) is 1. The minimum atomic E-state index is -0.111. The number of benzene rings is 1. The highest BCUT2D eigenvalue weighted by atomic mass is 19.1. The average Bonchev–Trinajstić information content (AvgIpc) is 3.18. The Morgan fingerprint density at radius 3 is 2.78 bits per heavy atom. The summed E-state index contributed by atoms with van der Waals surface area (Å²) in [4.78, 5) is 2.42. The number of nitrogens with one attached hydrogen (secondary N) is 1. The summed E-state index contributed by atoms with van der Waals surface area (Å²) in [5, 5.41) is 3.64. The molecule has 3 heteroatoms. The monoisotopic (exact) mass is 248 g/mol. The van der Waals surface area contributed by atoms with E-state index in [2.05, 4.69) is 17.1 Å². The lowest BCUT2D eigenvalue weighted by Crippen LogP contribution is -2.56. The molecule has 2 aliphatic rings. The first-order chi connectivity index (χ1) is 8.65. The normalized spacial score (nSPS) is 28.5. The van der Waals surface area contributed by atoms with Crippen molar-refractivity contribution in [1.29, 1.82) is 0 Å². The SMILES string of the molecule is Cc1cc(N2CC(C3CC3)NCC2C)ccc1F. The molecule has 1 aliphatic heterocycles. The van der Waals surface area contributed by atoms with Gasteiger partial charge in [-0.15, -0.1) is 0 Å². The summed E-state index contributed by atoms with van der Waals surface area (Å²) in [5.41, 5.74) is 1.90. The fourth-order valence-corrected chi connectivity index (χ4v) is 2.87. The maximum atomic E-state index is 13.3. The number of piperazine rings is 1. The van der Waals surface area contributed by atoms with Gasteiger partial charge in [0.2, 0.25) is 0 Å². The number of rotatable bonds is 2. The lowest BCUT2D eigenvalue weighted by Gasteiger charge is -2.40. The number of halogens is 1. The zero-order valence-corrected chi connectivity index (χ0v) is 11.1. The van der Waals surface area contributed by atoms with Crippen LogP contribution in [0.3, 0.4) is 0 Å². The van der Waals surface area contributed by atoms with Crippen molar-refractivity contribution in [2.45, 2.75) is 38.8 Å². The predicted molar refractivity (Wildman–Crippen MR) is 72.5 cm³/mol. The van der Waals surface area contributed by atoms with E-state index < -0.39 is 0 Å². The third-order valence-corrected chi connectivity index (χ3v) is 4.27. The zero-order valence-electron chi connectivity index (χ0n) is 11.1. The van der Waals surface area contributed by atoms with Gasteiger partial charge >= 0.3 is 0 Å². The van der Waals surface area contributed by atoms with E-state index in [4.69, 9.17) is 0 Å². The largest absolute Gasteiger partial charge is 0.366 e. The third-order valence-electron chi connectivity index (χ3n) is 4.27. The second-order valence-electron chi connectivity index (χ2n) is 5.79. The van der Waals surface area contributed by atoms with E-state index in [9.17, 15) is 4.39 Å². The van der Waals surface area contributed by atoms with Crippen LogP contribution in [0.15, 0.2) is 18.2 Å². The Morgan fingerprint density at radius 2 is 2.11 bits per heavy atom. The molecule has 0 spiro atoms. The van der Waals surface area contributed by atoms with Gasteiger partial charge in [-0.2, -0.15) is 0 Å². The topological polar surface area (TPSA) is 15.3 Å². The van der Waals surface area contributed by atoms with Crippen LogP contribution in [-0.2, 0) is 0 Å². The summed E-state index contributed by atoms with van der Waals surface area (Å²) >= 11 is 0. The maximum Gasteiger partial charge on any atom is 0.126 e. The van der Waals surface area contributed by atoms with E-state index >= 15 is 0 Å². The minimum absolute atomic E-state index is 0.111. The average molecular weight is 248 g/mol. The van der Waals surface area contributed by atoms with Gasteiger partial charge in [-0.1, -0.05) is 0 Å². The summed E-state index contributed by atoms with van der Waals surface area (Å²) in [5.74, 6) is 0.752. The van der Waals surface area contributed by atoms with Gasteiger partial charge in [0, 0.05) is 30.9 Å². The number of aryl methyl sites for hydroxylation is 1. The quantitative estimate of drug-likeness (QED) is 0.865. The molecule has 2 fully saturated rings. The number of hydrogen-bond acceptors (Lipinski definition) is 2. The van der Waals surface area contributed by atoms with Crippen LogP contribution in [0.1, 0.15) is 25.3 Å². The second kappa shape index (κ2) is 4.54. The van der Waals surface area contributed by atoms with Gasteiger partial charge in [0.15, 0.2) is 0 Å². The van der Waals surface area contributed by atoms with E-state index in [0.29, 0.717) is 12.1 Å². The van der Waals surface area contributed by atoms with Crippen LogP contribution in [0.5, 0.6) is 0 Å². The van der Waals surface area contributed by atoms with Crippen molar-refractivity contribution in [3.8, 4) is 0 Å². The van der Waals surface area contributed by atoms with Gasteiger partial charge in [-0.3, -0.25) is 0 Å². The van der Waals surface area contributed by atoms with Gasteiger partial charge in [-0.25, -0.2) is 4.39 Å². The summed E-state index contributed by atoms with van der Waals surface area (Å²) in [7, 11) is 0. The fraction of sp³-hybridized carbons (Fsp3) is 0.600. The van der Waals surface area contributed by atoms with Crippen LogP contribution in [0, 0.1) is 18.7 Å². The van der Waals surface area contributed by atoms with Crippen LogP contribution in [0.4, 0.5) is 10.1 Å². The molecule has 0 radical (unpaired) electrons. The van der Waals surface area contributed by atoms with Crippen molar-refractivity contribution >= 4 is 5.69 Å². The van der Waals surface area contributed by atoms with Gasteiger partial charge < -0.3 is 10.2 Å². The molecule has 1 aromatic carbocycles. The Labute approximate surface area is 108 Å². The zero-order chi connectivity index (χ0) is 12.7. The molecule has 1 N–H and O–H groups in total. The molecule has 0 bridgehead atoms. The van der Waals surface area contributed by atoms with Crippen LogP contribution < -0.4 is 10.2 Å². The molecule has 1 saturated carbocycles. The van der Waals surface area contributed by atoms with E-state index in [-0.39, 0.29) is 5.82 Å². The van der Waals surface area contributed by atoms with E-state index in [1.165, 1.54) is 12.8 Å². The highest BCUT2D eigenvalue weighted by Gasteiger charge is 2.36. The Kier molecular flexibility index (Phi) is 3.02. The first kappa shape index (κ1) is 12.0. The van der Waals surface area contributed by atoms with Crippen LogP contribution >= 0.6 is 0 Å². The summed E-state index contributed by atoms with van der Waals surface area (Å²) in [6.07, 6.45) is 2.73. The molecule has 0 aromatic heterocycles. The molecule has 1 aliphatic carbocycles. The maximum absolute atomic E-state index is 13.3. The van der Waals surface area contributed by atoms with Gasteiger partial charge in [0.25, 0.3) is 0 Å². The van der Waals surface area contributed by atoms with Crippen LogP contribution in [0.25, 0.3) is 0 Å². The molecule has 1 heterocycles. The molecule has 98 valence electrons. The second-order valence-corrected chi connectivity index (χ2v) is 5.79. The summed E-state index contributed by atoms with van der Waals surface area (Å²) < 4.78 is 13.3. The van der Waals surface area contributed by atoms with Gasteiger partial charge in [-0.05, 0) is 56.4 Å². The molecule has 0 amide bonds. The molecule has 1 saturated heterocycles. The van der Waals surface area contributed by atoms with Crippen LogP contribution in [0.2, 0.25) is 0 Å². The Bertz CT molecular complexity index is 442. The van der Waals surface area contributed by atoms with E-state index in [0.717, 1.165) is 30.3 Å². The van der Waals surface area contributed by atoms with Crippen molar-refractivity contribution in [3.05, 3.63) is 29.6 Å². The molecular weight excluding hydrogens is 227 g/mol. The van der Waals surface area contributed by atoms with Gasteiger partial charge in [0.05, 0.1) is 0 Å². The Morgan fingerprint density at radius 1 is 1.33 bits per heavy atom. The molecule has 2 nitrogen and oxygen atoms in total. The molecule has 1 aromatic rings. The van der Waals surface area contributed by atoms with Crippen molar-refractivity contribution in [2.75, 3.05) is 18.0 Å². The highest BCUT2D eigenvalue weighted by molar-refractivity contribution is 5.50. The standard InChI is InChI=1S/C15H21FN2/c1-10-7-13(5-6-14(10)16)18-9-15(12-3-4-12)17-8-11(18)2/h5-7,11-12,15,17H,3-4,8-9H2,1-2H3. The molecule has 3 rings (SSSR count). The first-order valence-electron chi connectivity index (χ1n) is 6.91. The Hall–Kier alpha value is -1.09. The summed E-state index contributed by atoms with van der Waals surface area (Å²) in [6.45, 7) is 6.15.